The van der Waals surface area contributed by atoms with Crippen molar-refractivity contribution in [3.05, 3.63) is 66.4 Å². The molecule has 0 radical (unpaired) electrons. The number of anilines is 1. The van der Waals surface area contributed by atoms with Gasteiger partial charge >= 0.3 is 0 Å². The number of benzene rings is 2. The Bertz CT molecular complexity index is 1100. The van der Waals surface area contributed by atoms with Crippen LogP contribution in [0.2, 0.25) is 0 Å². The molecule has 2 aromatic carbocycles. The predicted molar refractivity (Wildman–Crippen MR) is 111 cm³/mol. The van der Waals surface area contributed by atoms with E-state index < -0.39 is 6.04 Å². The summed E-state index contributed by atoms with van der Waals surface area (Å²) in [4.78, 5) is 35.4. The minimum absolute atomic E-state index is 0.00638. The minimum atomic E-state index is -0.402. The van der Waals surface area contributed by atoms with Crippen molar-refractivity contribution in [1.29, 1.82) is 0 Å². The quantitative estimate of drug-likeness (QED) is 0.643. The molecule has 2 atom stereocenters. The molecule has 3 heterocycles. The van der Waals surface area contributed by atoms with E-state index in [-0.39, 0.29) is 17.9 Å². The maximum atomic E-state index is 13.1. The number of pyridine rings is 1. The van der Waals surface area contributed by atoms with Crippen LogP contribution in [0.25, 0.3) is 10.9 Å². The number of likely N-dealkylation sites (tertiary alicyclic amines) is 1. The van der Waals surface area contributed by atoms with E-state index in [9.17, 15) is 9.59 Å². The number of aromatic nitrogens is 1. The average Bonchev–Trinajstić information content (AvgIpc) is 3.31. The van der Waals surface area contributed by atoms with Crippen molar-refractivity contribution < 1.29 is 9.59 Å². The van der Waals surface area contributed by atoms with Gasteiger partial charge < -0.3 is 9.80 Å². The summed E-state index contributed by atoms with van der Waals surface area (Å²) in [6, 6.07) is 19.0. The molecular formula is C22H19N3O2S. The highest BCUT2D eigenvalue weighted by Gasteiger charge is 2.52. The molecule has 0 aliphatic carbocycles. The zero-order valence-electron chi connectivity index (χ0n) is 15.4. The molecule has 0 unspecified atom stereocenters. The molecule has 0 spiro atoms. The van der Waals surface area contributed by atoms with Gasteiger partial charge in [0, 0.05) is 16.8 Å². The second kappa shape index (κ2) is 6.63. The summed E-state index contributed by atoms with van der Waals surface area (Å²) in [5, 5.41) is 0.998. The van der Waals surface area contributed by atoms with E-state index in [4.69, 9.17) is 0 Å². The summed E-state index contributed by atoms with van der Waals surface area (Å²) in [6.07, 6.45) is 2.69. The number of nitrogens with zero attached hydrogens (tertiary/aromatic N) is 3. The Kier molecular flexibility index (Phi) is 4.09. The number of rotatable bonds is 3. The van der Waals surface area contributed by atoms with Crippen LogP contribution in [0.3, 0.4) is 0 Å². The third kappa shape index (κ3) is 2.59. The number of carbonyl (C=O) groups is 2. The third-order valence-corrected chi connectivity index (χ3v) is 6.37. The summed E-state index contributed by atoms with van der Waals surface area (Å²) >= 11 is 1.63. The van der Waals surface area contributed by atoms with Gasteiger partial charge in [0.05, 0.1) is 17.2 Å². The van der Waals surface area contributed by atoms with Gasteiger partial charge in [0.1, 0.15) is 11.7 Å². The molecule has 140 valence electrons. The van der Waals surface area contributed by atoms with Crippen molar-refractivity contribution >= 4 is 40.2 Å². The summed E-state index contributed by atoms with van der Waals surface area (Å²) in [6.45, 7) is 0.548. The Morgan fingerprint density at radius 2 is 1.86 bits per heavy atom. The molecule has 2 fully saturated rings. The van der Waals surface area contributed by atoms with E-state index in [1.54, 1.807) is 22.7 Å². The highest BCUT2D eigenvalue weighted by atomic mass is 32.2. The Labute approximate surface area is 167 Å². The van der Waals surface area contributed by atoms with Crippen LogP contribution >= 0.6 is 11.8 Å². The summed E-state index contributed by atoms with van der Waals surface area (Å²) < 4.78 is 0. The molecule has 2 aliphatic rings. The van der Waals surface area contributed by atoms with E-state index in [1.165, 1.54) is 0 Å². The smallest absolute Gasteiger partial charge is 0.273 e. The minimum Gasteiger partial charge on any atom is -0.323 e. The molecule has 5 nitrogen and oxygen atoms in total. The van der Waals surface area contributed by atoms with Crippen LogP contribution in [0, 0.1) is 0 Å². The lowest BCUT2D eigenvalue weighted by molar-refractivity contribution is -0.121. The van der Waals surface area contributed by atoms with Gasteiger partial charge in [-0.25, -0.2) is 4.98 Å². The number of hydrogen-bond acceptors (Lipinski definition) is 4. The van der Waals surface area contributed by atoms with Crippen LogP contribution in [0.15, 0.2) is 65.6 Å². The van der Waals surface area contributed by atoms with Crippen LogP contribution in [-0.4, -0.2) is 46.6 Å². The topological polar surface area (TPSA) is 53.5 Å². The van der Waals surface area contributed by atoms with E-state index in [0.29, 0.717) is 18.7 Å². The van der Waals surface area contributed by atoms with Crippen LogP contribution in [0.4, 0.5) is 5.69 Å². The van der Waals surface area contributed by atoms with E-state index in [0.717, 1.165) is 21.5 Å². The van der Waals surface area contributed by atoms with Gasteiger partial charge in [-0.1, -0.05) is 36.4 Å². The molecule has 3 aromatic rings. The molecule has 6 heteroatoms. The standard InChI is InChI=1S/C22H19N3O2S/c1-28-20-9-5-4-8-18(20)25-15-12-19(22(25)27)24(13-15)21(26)17-11-10-14-6-2-3-7-16(14)23-17/h2-11,15,19H,12-13H2,1H3/t15-,19-/m0/s1. The van der Waals surface area contributed by atoms with Gasteiger partial charge in [0.2, 0.25) is 5.91 Å². The van der Waals surface area contributed by atoms with E-state index >= 15 is 0 Å². The SMILES string of the molecule is CSc1ccccc1N1C(=O)[C@@H]2C[C@H]1CN2C(=O)c1ccc2ccccc2n1. The maximum absolute atomic E-state index is 13.1. The molecule has 5 rings (SSSR count). The predicted octanol–water partition coefficient (Wildman–Crippen LogP) is 3.59. The van der Waals surface area contributed by atoms with E-state index in [1.807, 2.05) is 65.8 Å². The van der Waals surface area contributed by atoms with Gasteiger partial charge in [0.15, 0.2) is 0 Å². The number of piperazine rings is 1. The molecule has 28 heavy (non-hydrogen) atoms. The first-order valence-electron chi connectivity index (χ1n) is 9.30. The van der Waals surface area contributed by atoms with Gasteiger partial charge in [-0.2, -0.15) is 0 Å². The molecule has 2 bridgehead atoms. The molecule has 0 saturated carbocycles. The fraction of sp³-hybridized carbons (Fsp3) is 0.227. The molecule has 1 aromatic heterocycles. The number of thioether (sulfide) groups is 1. The Morgan fingerprint density at radius 3 is 2.68 bits per heavy atom. The second-order valence-electron chi connectivity index (χ2n) is 7.13. The van der Waals surface area contributed by atoms with Gasteiger partial charge in [-0.3, -0.25) is 9.59 Å². The summed E-state index contributed by atoms with van der Waals surface area (Å²) in [7, 11) is 0. The summed E-state index contributed by atoms with van der Waals surface area (Å²) in [5.74, 6) is -0.156. The van der Waals surface area contributed by atoms with Crippen LogP contribution in [-0.2, 0) is 4.79 Å². The Morgan fingerprint density at radius 1 is 1.07 bits per heavy atom. The van der Waals surface area contributed by atoms with Gasteiger partial charge in [0.25, 0.3) is 5.91 Å². The largest absolute Gasteiger partial charge is 0.323 e. The lowest BCUT2D eigenvalue weighted by Crippen LogP contribution is -2.52. The van der Waals surface area contributed by atoms with Crippen molar-refractivity contribution in [2.24, 2.45) is 0 Å². The third-order valence-electron chi connectivity index (χ3n) is 5.59. The number of hydrogen-bond donors (Lipinski definition) is 0. The van der Waals surface area contributed by atoms with Crippen molar-refractivity contribution in [2.45, 2.75) is 23.4 Å². The molecular weight excluding hydrogens is 370 g/mol. The highest BCUT2D eigenvalue weighted by molar-refractivity contribution is 7.98. The number of carbonyl (C=O) groups excluding carboxylic acids is 2. The summed E-state index contributed by atoms with van der Waals surface area (Å²) in [5.41, 5.74) is 2.14. The lowest BCUT2D eigenvalue weighted by atomic mass is 10.2. The number of fused-ring (bicyclic) bond motifs is 3. The Balaban J connectivity index is 1.42. The molecule has 2 amide bonds. The second-order valence-corrected chi connectivity index (χ2v) is 7.98. The van der Waals surface area contributed by atoms with Crippen molar-refractivity contribution in [1.82, 2.24) is 9.88 Å². The lowest BCUT2D eigenvalue weighted by Gasteiger charge is -2.34. The molecule has 2 aliphatic heterocycles. The van der Waals surface area contributed by atoms with Gasteiger partial charge in [-0.05, 0) is 36.9 Å². The zero-order chi connectivity index (χ0) is 19.3. The maximum Gasteiger partial charge on any atom is 0.273 e. The molecule has 2 saturated heterocycles. The van der Waals surface area contributed by atoms with Gasteiger partial charge in [-0.15, -0.1) is 11.8 Å². The van der Waals surface area contributed by atoms with E-state index in [2.05, 4.69) is 4.98 Å². The van der Waals surface area contributed by atoms with Crippen molar-refractivity contribution in [2.75, 3.05) is 17.7 Å². The number of para-hydroxylation sites is 2. The Hall–Kier alpha value is -2.86. The van der Waals surface area contributed by atoms with Crippen LogP contribution < -0.4 is 4.90 Å². The number of amides is 2. The monoisotopic (exact) mass is 389 g/mol. The molecule has 0 N–H and O–H groups in total. The average molecular weight is 389 g/mol. The zero-order valence-corrected chi connectivity index (χ0v) is 16.2. The normalized spacial score (nSPS) is 21.0. The first kappa shape index (κ1) is 17.3. The van der Waals surface area contributed by atoms with Crippen LogP contribution in [0.1, 0.15) is 16.9 Å². The first-order valence-corrected chi connectivity index (χ1v) is 10.5. The van der Waals surface area contributed by atoms with Crippen molar-refractivity contribution in [3.63, 3.8) is 0 Å². The highest BCUT2D eigenvalue weighted by Crippen LogP contribution is 2.39. The van der Waals surface area contributed by atoms with Crippen LogP contribution in [0.5, 0.6) is 0 Å². The fourth-order valence-electron chi connectivity index (χ4n) is 4.28. The first-order chi connectivity index (χ1) is 13.7. The van der Waals surface area contributed by atoms with Crippen molar-refractivity contribution in [3.8, 4) is 0 Å². The fourth-order valence-corrected chi connectivity index (χ4v) is 4.87.